The first kappa shape index (κ1) is 19.0. The molecule has 0 N–H and O–H groups in total. The third kappa shape index (κ3) is 4.15. The fourth-order valence-electron chi connectivity index (χ4n) is 3.48. The number of amides is 2. The molecule has 2 amide bonds. The topological polar surface area (TPSA) is 85.4 Å². The molecule has 146 valence electrons. The monoisotopic (exact) mass is 376 g/mol. The number of carbonyl (C=O) groups excluding carboxylic acids is 3. The highest BCUT2D eigenvalue weighted by molar-refractivity contribution is 5.99. The van der Waals surface area contributed by atoms with Crippen molar-refractivity contribution in [2.24, 2.45) is 5.92 Å². The molecule has 2 fully saturated rings. The van der Waals surface area contributed by atoms with Crippen molar-refractivity contribution in [1.29, 1.82) is 0 Å². The Morgan fingerprint density at radius 3 is 2.63 bits per heavy atom. The predicted octanol–water partition coefficient (Wildman–Crippen LogP) is 1.58. The van der Waals surface area contributed by atoms with E-state index < -0.39 is 6.09 Å². The molecule has 8 heteroatoms. The van der Waals surface area contributed by atoms with Gasteiger partial charge in [0.15, 0.2) is 17.3 Å². The molecule has 1 atom stereocenters. The molecule has 2 aliphatic rings. The molecule has 2 saturated heterocycles. The van der Waals surface area contributed by atoms with Crippen molar-refractivity contribution in [3.63, 3.8) is 0 Å². The van der Waals surface area contributed by atoms with Crippen LogP contribution >= 0.6 is 0 Å². The quantitative estimate of drug-likeness (QED) is 0.701. The number of nitrogens with zero attached hydrogens (tertiary/aromatic N) is 2. The van der Waals surface area contributed by atoms with Crippen molar-refractivity contribution in [3.05, 3.63) is 23.8 Å². The Bertz CT molecular complexity index is 735. The summed E-state index contributed by atoms with van der Waals surface area (Å²) < 4.78 is 15.3. The third-order valence-corrected chi connectivity index (χ3v) is 4.98. The second kappa shape index (κ2) is 8.28. The van der Waals surface area contributed by atoms with E-state index in [0.29, 0.717) is 43.3 Å². The van der Waals surface area contributed by atoms with Crippen LogP contribution in [0.2, 0.25) is 0 Å². The lowest BCUT2D eigenvalue weighted by atomic mass is 9.89. The van der Waals surface area contributed by atoms with E-state index >= 15 is 0 Å². The van der Waals surface area contributed by atoms with E-state index in [-0.39, 0.29) is 24.2 Å². The summed E-state index contributed by atoms with van der Waals surface area (Å²) >= 11 is 0. The summed E-state index contributed by atoms with van der Waals surface area (Å²) in [5, 5.41) is 0. The number of methoxy groups -OCH3 is 2. The second-order valence-electron chi connectivity index (χ2n) is 6.65. The van der Waals surface area contributed by atoms with Crippen molar-refractivity contribution in [2.45, 2.75) is 12.8 Å². The Kier molecular flexibility index (Phi) is 5.83. The minimum Gasteiger partial charge on any atom is -0.493 e. The van der Waals surface area contributed by atoms with Gasteiger partial charge in [0.1, 0.15) is 13.2 Å². The molecule has 1 unspecified atom stereocenters. The van der Waals surface area contributed by atoms with E-state index in [1.165, 1.54) is 12.0 Å². The smallest absolute Gasteiger partial charge is 0.410 e. The van der Waals surface area contributed by atoms with E-state index in [0.717, 1.165) is 12.8 Å². The molecule has 2 aliphatic heterocycles. The first-order chi connectivity index (χ1) is 13.0. The van der Waals surface area contributed by atoms with E-state index in [2.05, 4.69) is 0 Å². The lowest BCUT2D eigenvalue weighted by Crippen LogP contribution is -2.46. The molecule has 0 radical (unpaired) electrons. The number of piperidine rings is 1. The van der Waals surface area contributed by atoms with Gasteiger partial charge in [-0.3, -0.25) is 14.5 Å². The summed E-state index contributed by atoms with van der Waals surface area (Å²) in [7, 11) is 3.07. The normalized spacial score (nSPS) is 19.6. The first-order valence-electron chi connectivity index (χ1n) is 8.99. The number of rotatable bonds is 6. The van der Waals surface area contributed by atoms with Gasteiger partial charge >= 0.3 is 6.09 Å². The molecule has 0 spiro atoms. The summed E-state index contributed by atoms with van der Waals surface area (Å²) in [4.78, 5) is 40.0. The summed E-state index contributed by atoms with van der Waals surface area (Å²) in [5.41, 5.74) is 0.537. The Morgan fingerprint density at radius 2 is 1.96 bits per heavy atom. The maximum atomic E-state index is 12.9. The Balaban J connectivity index is 1.65. The van der Waals surface area contributed by atoms with Gasteiger partial charge in [0.2, 0.25) is 5.91 Å². The Hall–Kier alpha value is -2.77. The molecule has 0 aromatic heterocycles. The fourth-order valence-corrected chi connectivity index (χ4v) is 3.48. The van der Waals surface area contributed by atoms with Gasteiger partial charge in [-0.2, -0.15) is 0 Å². The van der Waals surface area contributed by atoms with Crippen molar-refractivity contribution in [2.75, 3.05) is 47.0 Å². The number of benzene rings is 1. The third-order valence-electron chi connectivity index (χ3n) is 4.98. The van der Waals surface area contributed by atoms with Crippen molar-refractivity contribution in [1.82, 2.24) is 9.80 Å². The number of hydrogen-bond acceptors (Lipinski definition) is 6. The molecule has 1 aromatic carbocycles. The standard InChI is InChI=1S/C19H24N2O6/c1-25-15-6-5-13(10-16(15)26-2)18(23)14-4-3-7-20(11-14)17(22)12-21-8-9-27-19(21)24/h5-6,10,14H,3-4,7-9,11-12H2,1-2H3. The van der Waals surface area contributed by atoms with Crippen LogP contribution in [-0.4, -0.2) is 74.6 Å². The largest absolute Gasteiger partial charge is 0.493 e. The van der Waals surface area contributed by atoms with E-state index in [9.17, 15) is 14.4 Å². The lowest BCUT2D eigenvalue weighted by Gasteiger charge is -2.33. The van der Waals surface area contributed by atoms with Crippen molar-refractivity contribution < 1.29 is 28.6 Å². The number of likely N-dealkylation sites (tertiary alicyclic amines) is 1. The molecular formula is C19H24N2O6. The fraction of sp³-hybridized carbons (Fsp3) is 0.526. The summed E-state index contributed by atoms with van der Waals surface area (Å²) in [6.07, 6.45) is 1.01. The molecular weight excluding hydrogens is 352 g/mol. The maximum Gasteiger partial charge on any atom is 0.410 e. The lowest BCUT2D eigenvalue weighted by molar-refractivity contribution is -0.133. The molecule has 8 nitrogen and oxygen atoms in total. The SMILES string of the molecule is COc1ccc(C(=O)C2CCCN(C(=O)CN3CCOC3=O)C2)cc1OC. The summed E-state index contributed by atoms with van der Waals surface area (Å²) in [6.45, 7) is 1.68. The first-order valence-corrected chi connectivity index (χ1v) is 8.99. The van der Waals surface area contributed by atoms with E-state index in [1.54, 1.807) is 30.2 Å². The van der Waals surface area contributed by atoms with Crippen LogP contribution in [0, 0.1) is 5.92 Å². The molecule has 0 saturated carbocycles. The van der Waals surface area contributed by atoms with Crippen LogP contribution < -0.4 is 9.47 Å². The number of ether oxygens (including phenoxy) is 3. The van der Waals surface area contributed by atoms with Crippen LogP contribution in [0.3, 0.4) is 0 Å². The van der Waals surface area contributed by atoms with Crippen molar-refractivity contribution in [3.8, 4) is 11.5 Å². The summed E-state index contributed by atoms with van der Waals surface area (Å²) in [6, 6.07) is 5.09. The zero-order valence-electron chi connectivity index (χ0n) is 15.6. The van der Waals surface area contributed by atoms with Crippen LogP contribution in [0.25, 0.3) is 0 Å². The minimum absolute atomic E-state index is 0.00387. The zero-order valence-corrected chi connectivity index (χ0v) is 15.6. The molecule has 27 heavy (non-hydrogen) atoms. The van der Waals surface area contributed by atoms with Gasteiger partial charge in [-0.05, 0) is 31.0 Å². The van der Waals surface area contributed by atoms with Gasteiger partial charge in [-0.15, -0.1) is 0 Å². The highest BCUT2D eigenvalue weighted by Crippen LogP contribution is 2.30. The Morgan fingerprint density at radius 1 is 1.19 bits per heavy atom. The average Bonchev–Trinajstić information content (AvgIpc) is 3.11. The molecule has 3 rings (SSSR count). The van der Waals surface area contributed by atoms with Gasteiger partial charge in [0, 0.05) is 24.6 Å². The second-order valence-corrected chi connectivity index (χ2v) is 6.65. The van der Waals surface area contributed by atoms with Crippen LogP contribution in [0.15, 0.2) is 18.2 Å². The molecule has 0 bridgehead atoms. The van der Waals surface area contributed by atoms with Gasteiger partial charge in [0.05, 0.1) is 20.8 Å². The number of Topliss-reactive ketones (excluding diaryl/α,β-unsaturated/α-hetero) is 1. The van der Waals surface area contributed by atoms with Gasteiger partial charge < -0.3 is 19.1 Å². The van der Waals surface area contributed by atoms with Crippen LogP contribution in [0.4, 0.5) is 4.79 Å². The highest BCUT2D eigenvalue weighted by atomic mass is 16.6. The number of carbonyl (C=O) groups is 3. The molecule has 2 heterocycles. The van der Waals surface area contributed by atoms with Crippen molar-refractivity contribution >= 4 is 17.8 Å². The number of hydrogen-bond donors (Lipinski definition) is 0. The van der Waals surface area contributed by atoms with Crippen LogP contribution in [0.5, 0.6) is 11.5 Å². The average molecular weight is 376 g/mol. The number of cyclic esters (lactones) is 1. The minimum atomic E-state index is -0.460. The van der Waals surface area contributed by atoms with Crippen LogP contribution in [0.1, 0.15) is 23.2 Å². The summed E-state index contributed by atoms with van der Waals surface area (Å²) in [5.74, 6) is 0.616. The Labute approximate surface area is 158 Å². The molecule has 0 aliphatic carbocycles. The molecule has 1 aromatic rings. The zero-order chi connectivity index (χ0) is 19.4. The van der Waals surface area contributed by atoms with Gasteiger partial charge in [-0.1, -0.05) is 0 Å². The van der Waals surface area contributed by atoms with Gasteiger partial charge in [-0.25, -0.2) is 4.79 Å². The van der Waals surface area contributed by atoms with Crippen LogP contribution in [-0.2, 0) is 9.53 Å². The highest BCUT2D eigenvalue weighted by Gasteiger charge is 2.32. The maximum absolute atomic E-state index is 12.9. The van der Waals surface area contributed by atoms with E-state index in [1.807, 2.05) is 0 Å². The number of ketones is 1. The van der Waals surface area contributed by atoms with E-state index in [4.69, 9.17) is 14.2 Å². The van der Waals surface area contributed by atoms with Gasteiger partial charge in [0.25, 0.3) is 0 Å². The predicted molar refractivity (Wildman–Crippen MR) is 96.1 cm³/mol.